The first kappa shape index (κ1) is 16.7. The number of hydrogen-bond acceptors (Lipinski definition) is 3. The van der Waals surface area contributed by atoms with Crippen LogP contribution < -0.4 is 0 Å². The highest BCUT2D eigenvalue weighted by Gasteiger charge is 2.16. The average Bonchev–Trinajstić information content (AvgIpc) is 2.61. The number of morpholine rings is 1. The highest BCUT2D eigenvalue weighted by Crippen LogP contribution is 2.27. The maximum atomic E-state index is 6.26. The molecule has 0 saturated carbocycles. The topological polar surface area (TPSA) is 21.7 Å². The van der Waals surface area contributed by atoms with Crippen molar-refractivity contribution in [2.45, 2.75) is 6.10 Å². The smallest absolute Gasteiger partial charge is 0.108 e. The first-order valence-electron chi connectivity index (χ1n) is 8.05. The Hall–Kier alpha value is -1.20. The molecule has 4 heteroatoms. The SMILES string of the molecule is Brc1ccc(C(OCCN2CCOCC2)c2ccccc2)cc1. The van der Waals surface area contributed by atoms with E-state index in [0.29, 0.717) is 0 Å². The van der Waals surface area contributed by atoms with Crippen molar-refractivity contribution in [1.82, 2.24) is 4.90 Å². The molecule has 0 aliphatic carbocycles. The van der Waals surface area contributed by atoms with E-state index >= 15 is 0 Å². The molecule has 1 aliphatic rings. The molecule has 0 radical (unpaired) electrons. The van der Waals surface area contributed by atoms with Crippen LogP contribution in [0.5, 0.6) is 0 Å². The lowest BCUT2D eigenvalue weighted by Gasteiger charge is -2.27. The first-order chi connectivity index (χ1) is 11.3. The van der Waals surface area contributed by atoms with Gasteiger partial charge in [0.2, 0.25) is 0 Å². The molecule has 0 aromatic heterocycles. The Labute approximate surface area is 146 Å². The minimum atomic E-state index is -0.0228. The lowest BCUT2D eigenvalue weighted by molar-refractivity contribution is 0.00967. The van der Waals surface area contributed by atoms with E-state index < -0.39 is 0 Å². The summed E-state index contributed by atoms with van der Waals surface area (Å²) in [6, 6.07) is 18.8. The number of hydrogen-bond donors (Lipinski definition) is 0. The fourth-order valence-electron chi connectivity index (χ4n) is 2.77. The molecule has 0 amide bonds. The summed E-state index contributed by atoms with van der Waals surface area (Å²) >= 11 is 3.50. The van der Waals surface area contributed by atoms with Gasteiger partial charge in [-0.15, -0.1) is 0 Å². The van der Waals surface area contributed by atoms with E-state index in [4.69, 9.17) is 9.47 Å². The molecule has 1 saturated heterocycles. The van der Waals surface area contributed by atoms with Crippen LogP contribution in [0.1, 0.15) is 17.2 Å². The van der Waals surface area contributed by atoms with Gasteiger partial charge in [0.05, 0.1) is 19.8 Å². The highest BCUT2D eigenvalue weighted by atomic mass is 79.9. The molecule has 2 aromatic carbocycles. The monoisotopic (exact) mass is 375 g/mol. The van der Waals surface area contributed by atoms with Crippen molar-refractivity contribution in [2.75, 3.05) is 39.5 Å². The molecule has 1 heterocycles. The maximum Gasteiger partial charge on any atom is 0.108 e. The Balaban J connectivity index is 1.66. The molecule has 1 fully saturated rings. The van der Waals surface area contributed by atoms with Gasteiger partial charge in [-0.05, 0) is 23.3 Å². The van der Waals surface area contributed by atoms with Gasteiger partial charge in [0.15, 0.2) is 0 Å². The third-order valence-corrected chi connectivity index (χ3v) is 4.60. The van der Waals surface area contributed by atoms with E-state index in [1.54, 1.807) is 0 Å². The Morgan fingerprint density at radius 1 is 0.957 bits per heavy atom. The predicted octanol–water partition coefficient (Wildman–Crippen LogP) is 3.89. The Morgan fingerprint density at radius 2 is 1.61 bits per heavy atom. The van der Waals surface area contributed by atoms with Gasteiger partial charge in [-0.3, -0.25) is 4.90 Å². The van der Waals surface area contributed by atoms with Crippen molar-refractivity contribution in [3.05, 3.63) is 70.2 Å². The zero-order valence-corrected chi connectivity index (χ0v) is 14.7. The molecule has 1 atom stereocenters. The van der Waals surface area contributed by atoms with Gasteiger partial charge in [0.25, 0.3) is 0 Å². The summed E-state index contributed by atoms with van der Waals surface area (Å²) in [6.07, 6.45) is -0.0228. The Morgan fingerprint density at radius 3 is 2.30 bits per heavy atom. The summed E-state index contributed by atoms with van der Waals surface area (Å²) in [6.45, 7) is 5.32. The molecular formula is C19H22BrNO2. The first-order valence-corrected chi connectivity index (χ1v) is 8.84. The summed E-state index contributed by atoms with van der Waals surface area (Å²) in [5.74, 6) is 0. The second kappa shape index (κ2) is 8.60. The fourth-order valence-corrected chi connectivity index (χ4v) is 3.04. The zero-order chi connectivity index (χ0) is 15.9. The predicted molar refractivity (Wildman–Crippen MR) is 95.6 cm³/mol. The second-order valence-electron chi connectivity index (χ2n) is 5.67. The number of benzene rings is 2. The molecule has 0 spiro atoms. The number of halogens is 1. The Bertz CT molecular complexity index is 582. The molecule has 122 valence electrons. The molecule has 2 aromatic rings. The van der Waals surface area contributed by atoms with E-state index in [0.717, 1.165) is 43.9 Å². The van der Waals surface area contributed by atoms with E-state index in [-0.39, 0.29) is 6.10 Å². The van der Waals surface area contributed by atoms with Crippen LogP contribution >= 0.6 is 15.9 Å². The van der Waals surface area contributed by atoms with E-state index in [1.807, 2.05) is 6.07 Å². The van der Waals surface area contributed by atoms with Crippen molar-refractivity contribution in [3.8, 4) is 0 Å². The summed E-state index contributed by atoms with van der Waals surface area (Å²) in [5, 5.41) is 0. The average molecular weight is 376 g/mol. The summed E-state index contributed by atoms with van der Waals surface area (Å²) in [4.78, 5) is 2.40. The molecule has 23 heavy (non-hydrogen) atoms. The van der Waals surface area contributed by atoms with Gasteiger partial charge in [-0.25, -0.2) is 0 Å². The number of nitrogens with zero attached hydrogens (tertiary/aromatic N) is 1. The minimum Gasteiger partial charge on any atom is -0.379 e. The molecule has 1 unspecified atom stereocenters. The van der Waals surface area contributed by atoms with Crippen molar-refractivity contribution in [2.24, 2.45) is 0 Å². The van der Waals surface area contributed by atoms with Crippen LogP contribution in [0, 0.1) is 0 Å². The zero-order valence-electron chi connectivity index (χ0n) is 13.2. The lowest BCUT2D eigenvalue weighted by Crippen LogP contribution is -2.38. The molecule has 3 nitrogen and oxygen atoms in total. The molecule has 3 rings (SSSR count). The maximum absolute atomic E-state index is 6.26. The molecule has 1 aliphatic heterocycles. The van der Waals surface area contributed by atoms with E-state index in [2.05, 4.69) is 69.4 Å². The van der Waals surface area contributed by atoms with Gasteiger partial charge in [0, 0.05) is 24.1 Å². The van der Waals surface area contributed by atoms with Crippen molar-refractivity contribution < 1.29 is 9.47 Å². The Kier molecular flexibility index (Phi) is 6.22. The summed E-state index contributed by atoms with van der Waals surface area (Å²) in [7, 11) is 0. The summed E-state index contributed by atoms with van der Waals surface area (Å²) < 4.78 is 12.7. The van der Waals surface area contributed by atoms with Crippen LogP contribution in [0.15, 0.2) is 59.1 Å². The molecule has 0 N–H and O–H groups in total. The lowest BCUT2D eigenvalue weighted by atomic mass is 10.0. The molecular weight excluding hydrogens is 354 g/mol. The fraction of sp³-hybridized carbons (Fsp3) is 0.368. The van der Waals surface area contributed by atoms with Crippen LogP contribution in [0.3, 0.4) is 0 Å². The standard InChI is InChI=1S/C19H22BrNO2/c20-18-8-6-17(7-9-18)19(16-4-2-1-3-5-16)23-15-12-21-10-13-22-14-11-21/h1-9,19H,10-15H2. The van der Waals surface area contributed by atoms with Crippen LogP contribution in [0.25, 0.3) is 0 Å². The highest BCUT2D eigenvalue weighted by molar-refractivity contribution is 9.10. The third kappa shape index (κ3) is 4.88. The quantitative estimate of drug-likeness (QED) is 0.764. The number of ether oxygens (including phenoxy) is 2. The normalized spacial score (nSPS) is 17.1. The van der Waals surface area contributed by atoms with Crippen LogP contribution in [0.2, 0.25) is 0 Å². The summed E-state index contributed by atoms with van der Waals surface area (Å²) in [5.41, 5.74) is 2.37. The van der Waals surface area contributed by atoms with Crippen LogP contribution in [0.4, 0.5) is 0 Å². The van der Waals surface area contributed by atoms with Crippen molar-refractivity contribution >= 4 is 15.9 Å². The van der Waals surface area contributed by atoms with Crippen molar-refractivity contribution in [3.63, 3.8) is 0 Å². The third-order valence-electron chi connectivity index (χ3n) is 4.07. The molecule has 0 bridgehead atoms. The van der Waals surface area contributed by atoms with Gasteiger partial charge in [-0.1, -0.05) is 58.4 Å². The van der Waals surface area contributed by atoms with E-state index in [1.165, 1.54) is 11.1 Å². The van der Waals surface area contributed by atoms with E-state index in [9.17, 15) is 0 Å². The van der Waals surface area contributed by atoms with Gasteiger partial charge in [0.1, 0.15) is 6.10 Å². The largest absolute Gasteiger partial charge is 0.379 e. The minimum absolute atomic E-state index is 0.0228. The van der Waals surface area contributed by atoms with Crippen molar-refractivity contribution in [1.29, 1.82) is 0 Å². The van der Waals surface area contributed by atoms with Crippen LogP contribution in [-0.2, 0) is 9.47 Å². The second-order valence-corrected chi connectivity index (χ2v) is 6.58. The van der Waals surface area contributed by atoms with Gasteiger partial charge >= 0.3 is 0 Å². The van der Waals surface area contributed by atoms with Crippen LogP contribution in [-0.4, -0.2) is 44.4 Å². The van der Waals surface area contributed by atoms with Gasteiger partial charge in [-0.2, -0.15) is 0 Å². The van der Waals surface area contributed by atoms with Gasteiger partial charge < -0.3 is 9.47 Å². The number of rotatable bonds is 6.